The Kier molecular flexibility index (Phi) is 4.01. The average Bonchev–Trinajstić information content (AvgIpc) is 2.77. The molecule has 0 atom stereocenters. The summed E-state index contributed by atoms with van der Waals surface area (Å²) in [5.41, 5.74) is 7.73. The third kappa shape index (κ3) is 2.72. The zero-order chi connectivity index (χ0) is 13.0. The molecule has 6 heteroatoms. The van der Waals surface area contributed by atoms with Crippen LogP contribution in [0.3, 0.4) is 0 Å². The van der Waals surface area contributed by atoms with Gasteiger partial charge in [-0.15, -0.1) is 0 Å². The van der Waals surface area contributed by atoms with Crippen molar-refractivity contribution in [1.82, 2.24) is 4.98 Å². The molecule has 6 nitrogen and oxygen atoms in total. The fourth-order valence-corrected chi connectivity index (χ4v) is 1.69. The number of anilines is 2. The van der Waals surface area contributed by atoms with E-state index in [1.165, 1.54) is 0 Å². The number of benzene rings is 1. The van der Waals surface area contributed by atoms with Crippen LogP contribution in [0.4, 0.5) is 11.7 Å². The lowest BCUT2D eigenvalue weighted by atomic mass is 10.3. The molecule has 0 unspecified atom stereocenters. The predicted octanol–water partition coefficient (Wildman–Crippen LogP) is 0.855. The summed E-state index contributed by atoms with van der Waals surface area (Å²) in [5.74, 6) is 0. The molecule has 3 N–H and O–H groups in total. The van der Waals surface area contributed by atoms with Crippen molar-refractivity contribution < 1.29 is 14.3 Å². The van der Waals surface area contributed by atoms with Crippen LogP contribution in [0.2, 0.25) is 0 Å². The van der Waals surface area contributed by atoms with Gasteiger partial charge in [0, 0.05) is 25.9 Å². The van der Waals surface area contributed by atoms with Gasteiger partial charge in [-0.2, -0.15) is 4.98 Å². The summed E-state index contributed by atoms with van der Waals surface area (Å²) in [6.07, 6.45) is 0. The molecule has 2 rings (SSSR count). The summed E-state index contributed by atoms with van der Waals surface area (Å²) < 4.78 is 10.6. The Morgan fingerprint density at radius 1 is 1.44 bits per heavy atom. The Morgan fingerprint density at radius 3 is 3.00 bits per heavy atom. The molecule has 0 amide bonds. The number of fused-ring (bicyclic) bond motifs is 1. The average molecular weight is 251 g/mol. The van der Waals surface area contributed by atoms with Crippen LogP contribution in [0, 0.1) is 0 Å². The molecule has 1 aromatic heterocycles. The summed E-state index contributed by atoms with van der Waals surface area (Å²) in [6, 6.07) is 5.79. The maximum atomic E-state index is 9.04. The highest BCUT2D eigenvalue weighted by Gasteiger charge is 2.13. The zero-order valence-electron chi connectivity index (χ0n) is 10.3. The minimum atomic E-state index is 0.0323. The van der Waals surface area contributed by atoms with Crippen molar-refractivity contribution in [2.45, 2.75) is 0 Å². The van der Waals surface area contributed by atoms with Gasteiger partial charge < -0.3 is 24.9 Å². The van der Waals surface area contributed by atoms with Gasteiger partial charge in [0.25, 0.3) is 6.01 Å². The number of nitrogens with two attached hydrogens (primary N) is 1. The number of hydrogen-bond donors (Lipinski definition) is 2. The van der Waals surface area contributed by atoms with E-state index in [1.54, 1.807) is 25.3 Å². The van der Waals surface area contributed by atoms with E-state index in [-0.39, 0.29) is 6.61 Å². The van der Waals surface area contributed by atoms with Gasteiger partial charge in [0.05, 0.1) is 13.2 Å². The molecule has 0 fully saturated rings. The molecule has 0 radical (unpaired) electrons. The fraction of sp³-hybridized carbons (Fsp3) is 0.417. The third-order valence-corrected chi connectivity index (χ3v) is 2.61. The molecular formula is C12H17N3O3. The maximum absolute atomic E-state index is 9.04. The monoisotopic (exact) mass is 251 g/mol. The molecule has 98 valence electrons. The Morgan fingerprint density at radius 2 is 2.28 bits per heavy atom. The first kappa shape index (κ1) is 12.7. The van der Waals surface area contributed by atoms with Crippen molar-refractivity contribution in [3.8, 4) is 0 Å². The second-order valence-corrected chi connectivity index (χ2v) is 3.93. The van der Waals surface area contributed by atoms with Crippen molar-refractivity contribution >= 4 is 22.8 Å². The first-order valence-electron chi connectivity index (χ1n) is 5.75. The second kappa shape index (κ2) is 5.70. The van der Waals surface area contributed by atoms with Gasteiger partial charge in [0.15, 0.2) is 5.58 Å². The SMILES string of the molecule is COCCN(CCO)c1nc2cc(N)ccc2o1. The van der Waals surface area contributed by atoms with Crippen molar-refractivity contribution in [2.75, 3.05) is 44.0 Å². The molecule has 0 aliphatic heterocycles. The highest BCUT2D eigenvalue weighted by Crippen LogP contribution is 2.23. The summed E-state index contributed by atoms with van der Waals surface area (Å²) >= 11 is 0. The van der Waals surface area contributed by atoms with E-state index >= 15 is 0 Å². The van der Waals surface area contributed by atoms with Crippen molar-refractivity contribution in [3.63, 3.8) is 0 Å². The number of aliphatic hydroxyl groups excluding tert-OH is 1. The molecule has 1 heterocycles. The van der Waals surface area contributed by atoms with Crippen molar-refractivity contribution in [2.24, 2.45) is 0 Å². The summed E-state index contributed by atoms with van der Waals surface area (Å²) in [6.45, 7) is 1.64. The summed E-state index contributed by atoms with van der Waals surface area (Å²) in [7, 11) is 1.63. The Hall–Kier alpha value is -1.79. The van der Waals surface area contributed by atoms with Gasteiger partial charge in [-0.1, -0.05) is 0 Å². The first-order chi connectivity index (χ1) is 8.74. The minimum Gasteiger partial charge on any atom is -0.423 e. The van der Waals surface area contributed by atoms with E-state index in [0.29, 0.717) is 42.5 Å². The number of nitrogen functional groups attached to an aromatic ring is 1. The van der Waals surface area contributed by atoms with E-state index in [1.807, 2.05) is 4.90 Å². The molecule has 0 saturated heterocycles. The van der Waals surface area contributed by atoms with Crippen LogP contribution in [-0.2, 0) is 4.74 Å². The number of ether oxygens (including phenoxy) is 1. The number of aliphatic hydroxyl groups is 1. The van der Waals surface area contributed by atoms with Crippen LogP contribution in [0.25, 0.3) is 11.1 Å². The number of methoxy groups -OCH3 is 1. The van der Waals surface area contributed by atoms with E-state index in [2.05, 4.69) is 4.98 Å². The molecule has 0 aliphatic carbocycles. The van der Waals surface area contributed by atoms with Gasteiger partial charge >= 0.3 is 0 Å². The largest absolute Gasteiger partial charge is 0.423 e. The van der Waals surface area contributed by atoms with E-state index in [4.69, 9.17) is 20.0 Å². The molecule has 0 spiro atoms. The minimum absolute atomic E-state index is 0.0323. The number of hydrogen-bond acceptors (Lipinski definition) is 6. The lowest BCUT2D eigenvalue weighted by Crippen LogP contribution is -2.30. The van der Waals surface area contributed by atoms with Gasteiger partial charge in [-0.05, 0) is 18.2 Å². The lowest BCUT2D eigenvalue weighted by Gasteiger charge is -2.18. The van der Waals surface area contributed by atoms with E-state index in [9.17, 15) is 0 Å². The number of nitrogens with zero attached hydrogens (tertiary/aromatic N) is 2. The van der Waals surface area contributed by atoms with Crippen LogP contribution in [0.1, 0.15) is 0 Å². The summed E-state index contributed by atoms with van der Waals surface area (Å²) in [4.78, 5) is 6.19. The Labute approximate surface area is 105 Å². The first-order valence-corrected chi connectivity index (χ1v) is 5.75. The normalized spacial score (nSPS) is 11.0. The molecule has 2 aromatic rings. The van der Waals surface area contributed by atoms with Gasteiger partial charge in [-0.25, -0.2) is 0 Å². The molecule has 0 saturated carbocycles. The van der Waals surface area contributed by atoms with Gasteiger partial charge in [0.1, 0.15) is 5.52 Å². The molecule has 0 bridgehead atoms. The number of oxazole rings is 1. The topological polar surface area (TPSA) is 84.8 Å². The van der Waals surface area contributed by atoms with Gasteiger partial charge in [-0.3, -0.25) is 0 Å². The fourth-order valence-electron chi connectivity index (χ4n) is 1.69. The Bertz CT molecular complexity index is 512. The van der Waals surface area contributed by atoms with Crippen LogP contribution >= 0.6 is 0 Å². The molecule has 0 aliphatic rings. The number of rotatable bonds is 6. The second-order valence-electron chi connectivity index (χ2n) is 3.93. The van der Waals surface area contributed by atoms with Crippen molar-refractivity contribution in [3.05, 3.63) is 18.2 Å². The smallest absolute Gasteiger partial charge is 0.298 e. The zero-order valence-corrected chi connectivity index (χ0v) is 10.3. The van der Waals surface area contributed by atoms with Crippen LogP contribution in [0.15, 0.2) is 22.6 Å². The van der Waals surface area contributed by atoms with Gasteiger partial charge in [0.2, 0.25) is 0 Å². The molecular weight excluding hydrogens is 234 g/mol. The lowest BCUT2D eigenvalue weighted by molar-refractivity contribution is 0.201. The van der Waals surface area contributed by atoms with E-state index in [0.717, 1.165) is 0 Å². The predicted molar refractivity (Wildman–Crippen MR) is 69.6 cm³/mol. The molecule has 18 heavy (non-hydrogen) atoms. The number of aromatic nitrogens is 1. The standard InChI is InChI=1S/C12H17N3O3/c1-17-7-5-15(4-6-16)12-14-10-8-9(13)2-3-11(10)18-12/h2-3,8,16H,4-7,13H2,1H3. The summed E-state index contributed by atoms with van der Waals surface area (Å²) in [5, 5.41) is 9.04. The van der Waals surface area contributed by atoms with Crippen LogP contribution in [0.5, 0.6) is 0 Å². The Balaban J connectivity index is 2.26. The van der Waals surface area contributed by atoms with Crippen LogP contribution in [-0.4, -0.2) is 43.5 Å². The highest BCUT2D eigenvalue weighted by atomic mass is 16.5. The highest BCUT2D eigenvalue weighted by molar-refractivity contribution is 5.78. The maximum Gasteiger partial charge on any atom is 0.298 e. The van der Waals surface area contributed by atoms with Crippen molar-refractivity contribution in [1.29, 1.82) is 0 Å². The quantitative estimate of drug-likeness (QED) is 0.740. The van der Waals surface area contributed by atoms with Crippen LogP contribution < -0.4 is 10.6 Å². The third-order valence-electron chi connectivity index (χ3n) is 2.61. The van der Waals surface area contributed by atoms with E-state index < -0.39 is 0 Å². The molecule has 1 aromatic carbocycles.